The number of nitrogens with two attached hydrogens (primary N) is 1. The van der Waals surface area contributed by atoms with Gasteiger partial charge in [0.1, 0.15) is 17.3 Å². The van der Waals surface area contributed by atoms with Gasteiger partial charge < -0.3 is 15.4 Å². The van der Waals surface area contributed by atoms with E-state index in [-0.39, 0.29) is 23.3 Å². The van der Waals surface area contributed by atoms with Crippen LogP contribution in [0.25, 0.3) is 22.2 Å². The second kappa shape index (κ2) is 9.30. The molecule has 0 spiro atoms. The molecular weight excluding hydrogens is 477 g/mol. The minimum Gasteiger partial charge on any atom is -0.404 e. The summed E-state index contributed by atoms with van der Waals surface area (Å²) in [4.78, 5) is 31.5. The van der Waals surface area contributed by atoms with Gasteiger partial charge >= 0.3 is 6.18 Å². The molecule has 3 aromatic heterocycles. The Labute approximate surface area is 203 Å². The predicted octanol–water partition coefficient (Wildman–Crippen LogP) is 2.46. The van der Waals surface area contributed by atoms with E-state index in [2.05, 4.69) is 30.1 Å². The van der Waals surface area contributed by atoms with Crippen molar-refractivity contribution < 1.29 is 17.9 Å². The molecule has 2 fully saturated rings. The van der Waals surface area contributed by atoms with Gasteiger partial charge in [-0.05, 0) is 31.9 Å². The van der Waals surface area contributed by atoms with E-state index in [9.17, 15) is 18.0 Å². The van der Waals surface area contributed by atoms with Crippen molar-refractivity contribution in [2.45, 2.75) is 44.2 Å². The number of alkyl halides is 3. The molecule has 1 aliphatic carbocycles. The van der Waals surface area contributed by atoms with E-state index in [1.807, 2.05) is 11.8 Å². The highest BCUT2D eigenvalue weighted by Gasteiger charge is 2.33. The van der Waals surface area contributed by atoms with Crippen LogP contribution in [0.3, 0.4) is 0 Å². The fraction of sp³-hybridized carbons (Fsp3) is 0.391. The number of nitrogens with one attached hydrogen (secondary N) is 1. The number of aromatic amines is 1. The number of H-pyrrole nitrogens is 1. The van der Waals surface area contributed by atoms with E-state index in [1.54, 1.807) is 6.21 Å². The largest absolute Gasteiger partial charge is 0.433 e. The summed E-state index contributed by atoms with van der Waals surface area (Å²) in [6.07, 6.45) is 2.53. The van der Waals surface area contributed by atoms with Crippen molar-refractivity contribution in [1.82, 2.24) is 25.1 Å². The van der Waals surface area contributed by atoms with Crippen LogP contribution in [0.4, 0.5) is 19.1 Å². The summed E-state index contributed by atoms with van der Waals surface area (Å²) < 4.78 is 45.1. The van der Waals surface area contributed by atoms with Crippen molar-refractivity contribution >= 4 is 23.1 Å². The first-order chi connectivity index (χ1) is 17.2. The molecule has 0 aromatic carbocycles. The third kappa shape index (κ3) is 4.91. The SMILES string of the molecule is C[C@@H]1CN(c2nc(-c3ccc(C(F)(F)F)nc3)c3cn[nH]c(=O)c3n2)C[C@H](C(C=NC2CC2)=CN)O1. The Morgan fingerprint density at radius 2 is 2.06 bits per heavy atom. The average molecular weight is 500 g/mol. The molecule has 10 nitrogen and oxygen atoms in total. The first-order valence-corrected chi connectivity index (χ1v) is 11.4. The molecule has 0 bridgehead atoms. The molecule has 1 aliphatic heterocycles. The first-order valence-electron chi connectivity index (χ1n) is 11.4. The molecule has 1 saturated heterocycles. The number of halogens is 3. The fourth-order valence-corrected chi connectivity index (χ4v) is 3.97. The quantitative estimate of drug-likeness (QED) is 0.510. The maximum atomic E-state index is 13.0. The number of aromatic nitrogens is 5. The number of hydrogen-bond acceptors (Lipinski definition) is 9. The van der Waals surface area contributed by atoms with Crippen LogP contribution in [0, 0.1) is 0 Å². The molecule has 13 heteroatoms. The second-order valence-corrected chi connectivity index (χ2v) is 8.78. The van der Waals surface area contributed by atoms with E-state index >= 15 is 0 Å². The Bertz CT molecular complexity index is 1380. The van der Waals surface area contributed by atoms with Crippen LogP contribution in [-0.2, 0) is 10.9 Å². The number of hydrogen-bond donors (Lipinski definition) is 2. The lowest BCUT2D eigenvalue weighted by molar-refractivity contribution is -0.141. The van der Waals surface area contributed by atoms with Crippen LogP contribution < -0.4 is 16.2 Å². The second-order valence-electron chi connectivity index (χ2n) is 8.78. The number of rotatable bonds is 5. The van der Waals surface area contributed by atoms with E-state index in [4.69, 9.17) is 10.5 Å². The Hall–Kier alpha value is -3.87. The minimum absolute atomic E-state index is 0.0606. The molecule has 3 N–H and O–H groups in total. The van der Waals surface area contributed by atoms with Gasteiger partial charge in [0.15, 0.2) is 0 Å². The van der Waals surface area contributed by atoms with Crippen molar-refractivity contribution in [3.63, 3.8) is 0 Å². The molecular formula is C23H23F3N8O2. The summed E-state index contributed by atoms with van der Waals surface area (Å²) in [6, 6.07) is 2.45. The van der Waals surface area contributed by atoms with Crippen molar-refractivity contribution in [2.24, 2.45) is 10.7 Å². The maximum absolute atomic E-state index is 13.0. The fourth-order valence-electron chi connectivity index (χ4n) is 3.97. The van der Waals surface area contributed by atoms with Gasteiger partial charge in [0.25, 0.3) is 5.56 Å². The zero-order chi connectivity index (χ0) is 25.4. The first kappa shape index (κ1) is 23.9. The van der Waals surface area contributed by atoms with Gasteiger partial charge in [-0.25, -0.2) is 15.1 Å². The molecule has 0 radical (unpaired) electrons. The van der Waals surface area contributed by atoms with E-state index in [0.29, 0.717) is 35.7 Å². The number of pyridine rings is 1. The number of nitrogens with zero attached hydrogens (tertiary/aromatic N) is 6. The normalized spacial score (nSPS) is 21.4. The predicted molar refractivity (Wildman–Crippen MR) is 127 cm³/mol. The zero-order valence-corrected chi connectivity index (χ0v) is 19.2. The standard InChI is InChI=1S/C23H23F3N8O2/c1-12-10-34(11-17(36-12)14(6-27)8-28-15-3-4-15)22-31-19(16-9-30-33-21(35)20(16)32-22)13-2-5-18(29-7-13)23(24,25)26/h2,5-9,12,15,17H,3-4,10-11,27H2,1H3,(H,33,35)/t12-,17-/m1/s1. The molecule has 1 saturated carbocycles. The topological polar surface area (TPSA) is 135 Å². The van der Waals surface area contributed by atoms with Crippen LogP contribution in [0.2, 0.25) is 0 Å². The van der Waals surface area contributed by atoms with Crippen LogP contribution in [0.15, 0.2) is 46.1 Å². The van der Waals surface area contributed by atoms with Gasteiger partial charge in [-0.15, -0.1) is 0 Å². The molecule has 0 unspecified atom stereocenters. The van der Waals surface area contributed by atoms with Gasteiger partial charge in [0.05, 0.1) is 36.0 Å². The minimum atomic E-state index is -4.58. The van der Waals surface area contributed by atoms with Gasteiger partial charge in [-0.3, -0.25) is 14.8 Å². The van der Waals surface area contributed by atoms with Gasteiger partial charge in [-0.1, -0.05) is 0 Å². The average Bonchev–Trinajstić information content (AvgIpc) is 3.68. The summed E-state index contributed by atoms with van der Waals surface area (Å²) in [5, 5.41) is 6.44. The van der Waals surface area contributed by atoms with Gasteiger partial charge in [0.2, 0.25) is 5.95 Å². The smallest absolute Gasteiger partial charge is 0.404 e. The third-order valence-corrected chi connectivity index (χ3v) is 5.92. The maximum Gasteiger partial charge on any atom is 0.433 e. The van der Waals surface area contributed by atoms with Gasteiger partial charge in [-0.2, -0.15) is 18.3 Å². The van der Waals surface area contributed by atoms with Crippen LogP contribution in [0.5, 0.6) is 0 Å². The number of aliphatic imine (C=N–C) groups is 1. The number of fused-ring (bicyclic) bond motifs is 1. The lowest BCUT2D eigenvalue weighted by Gasteiger charge is -2.37. The summed E-state index contributed by atoms with van der Waals surface area (Å²) in [6.45, 7) is 2.65. The lowest BCUT2D eigenvalue weighted by Crippen LogP contribution is -2.48. The molecule has 188 valence electrons. The summed E-state index contributed by atoms with van der Waals surface area (Å²) in [7, 11) is 0. The van der Waals surface area contributed by atoms with Crippen LogP contribution in [-0.4, -0.2) is 62.7 Å². The highest BCUT2D eigenvalue weighted by molar-refractivity contribution is 5.92. The Kier molecular flexibility index (Phi) is 6.16. The summed E-state index contributed by atoms with van der Waals surface area (Å²) >= 11 is 0. The zero-order valence-electron chi connectivity index (χ0n) is 19.2. The number of anilines is 1. The van der Waals surface area contributed by atoms with Crippen molar-refractivity contribution in [3.8, 4) is 11.3 Å². The summed E-state index contributed by atoms with van der Waals surface area (Å²) in [5.41, 5.74) is 5.59. The summed E-state index contributed by atoms with van der Waals surface area (Å²) in [5.74, 6) is 0.227. The third-order valence-electron chi connectivity index (χ3n) is 5.92. The molecule has 36 heavy (non-hydrogen) atoms. The van der Waals surface area contributed by atoms with E-state index in [0.717, 1.165) is 25.1 Å². The molecule has 2 atom stereocenters. The van der Waals surface area contributed by atoms with Crippen LogP contribution in [0.1, 0.15) is 25.5 Å². The van der Waals surface area contributed by atoms with Crippen LogP contribution >= 0.6 is 0 Å². The van der Waals surface area contributed by atoms with E-state index < -0.39 is 23.5 Å². The Balaban J connectivity index is 1.54. The molecule has 5 rings (SSSR count). The van der Waals surface area contributed by atoms with Crippen molar-refractivity contribution in [2.75, 3.05) is 18.0 Å². The van der Waals surface area contributed by atoms with E-state index in [1.165, 1.54) is 18.5 Å². The molecule has 3 aromatic rings. The Morgan fingerprint density at radius 1 is 1.25 bits per heavy atom. The highest BCUT2D eigenvalue weighted by atomic mass is 19.4. The molecule has 2 aliphatic rings. The van der Waals surface area contributed by atoms with Crippen molar-refractivity contribution in [3.05, 3.63) is 52.3 Å². The molecule has 4 heterocycles. The Morgan fingerprint density at radius 3 is 2.72 bits per heavy atom. The molecule has 0 amide bonds. The highest BCUT2D eigenvalue weighted by Crippen LogP contribution is 2.31. The number of morpholine rings is 1. The van der Waals surface area contributed by atoms with Crippen molar-refractivity contribution in [1.29, 1.82) is 0 Å². The monoisotopic (exact) mass is 500 g/mol. The van der Waals surface area contributed by atoms with Gasteiger partial charge in [0, 0.05) is 36.3 Å². The lowest BCUT2D eigenvalue weighted by atomic mass is 10.1. The number of ether oxygens (including phenoxy) is 1.